The standard InChI is InChI=1S/C16H15N3OS/c1-2-5-15-18-14-7-4-3-6-13(14)16(20)19(15)17-10-12-8-9-21-11-12/h3-4,6-11H,2,5H2,1H3/b17-10+. The Morgan fingerprint density at radius 3 is 2.95 bits per heavy atom. The summed E-state index contributed by atoms with van der Waals surface area (Å²) in [7, 11) is 0. The minimum Gasteiger partial charge on any atom is -0.267 e. The highest BCUT2D eigenvalue weighted by atomic mass is 32.1. The van der Waals surface area contributed by atoms with Crippen molar-refractivity contribution in [3.63, 3.8) is 0 Å². The van der Waals surface area contributed by atoms with Crippen LogP contribution in [0.25, 0.3) is 10.9 Å². The fourth-order valence-corrected chi connectivity index (χ4v) is 2.76. The van der Waals surface area contributed by atoms with Crippen LogP contribution in [0, 0.1) is 0 Å². The van der Waals surface area contributed by atoms with E-state index in [-0.39, 0.29) is 5.56 Å². The highest BCUT2D eigenvalue weighted by Crippen LogP contribution is 2.09. The summed E-state index contributed by atoms with van der Waals surface area (Å²) in [6, 6.07) is 9.36. The molecule has 0 bridgehead atoms. The van der Waals surface area contributed by atoms with Crippen molar-refractivity contribution in [2.45, 2.75) is 19.8 Å². The topological polar surface area (TPSA) is 47.2 Å². The largest absolute Gasteiger partial charge is 0.282 e. The summed E-state index contributed by atoms with van der Waals surface area (Å²) >= 11 is 1.60. The number of nitrogens with zero attached hydrogens (tertiary/aromatic N) is 3. The van der Waals surface area contributed by atoms with Crippen LogP contribution in [0.2, 0.25) is 0 Å². The quantitative estimate of drug-likeness (QED) is 0.694. The van der Waals surface area contributed by atoms with Gasteiger partial charge in [-0.15, -0.1) is 0 Å². The van der Waals surface area contributed by atoms with E-state index in [9.17, 15) is 4.79 Å². The maximum Gasteiger partial charge on any atom is 0.282 e. The van der Waals surface area contributed by atoms with E-state index in [1.807, 2.05) is 35.0 Å². The lowest BCUT2D eigenvalue weighted by atomic mass is 10.2. The molecular weight excluding hydrogens is 282 g/mol. The lowest BCUT2D eigenvalue weighted by Crippen LogP contribution is -2.22. The predicted molar refractivity (Wildman–Crippen MR) is 87.3 cm³/mol. The average molecular weight is 297 g/mol. The Labute approximate surface area is 126 Å². The SMILES string of the molecule is CCCc1nc2ccccc2c(=O)n1/N=C/c1ccsc1. The second kappa shape index (κ2) is 6.01. The lowest BCUT2D eigenvalue weighted by Gasteiger charge is -2.07. The molecule has 3 rings (SSSR count). The number of hydrogen-bond donors (Lipinski definition) is 0. The van der Waals surface area contributed by atoms with E-state index in [0.29, 0.717) is 11.2 Å². The Bertz CT molecular complexity index is 834. The van der Waals surface area contributed by atoms with Crippen LogP contribution >= 0.6 is 11.3 Å². The van der Waals surface area contributed by atoms with Crippen molar-refractivity contribution in [1.29, 1.82) is 0 Å². The van der Waals surface area contributed by atoms with Crippen molar-refractivity contribution in [2.24, 2.45) is 5.10 Å². The number of fused-ring (bicyclic) bond motifs is 1. The Hall–Kier alpha value is -2.27. The second-order valence-corrected chi connectivity index (χ2v) is 5.49. The molecule has 3 aromatic rings. The summed E-state index contributed by atoms with van der Waals surface area (Å²) in [6.45, 7) is 2.06. The Kier molecular flexibility index (Phi) is 3.92. The molecule has 4 nitrogen and oxygen atoms in total. The van der Waals surface area contributed by atoms with Crippen molar-refractivity contribution in [3.05, 3.63) is 62.8 Å². The minimum absolute atomic E-state index is 0.115. The van der Waals surface area contributed by atoms with Gasteiger partial charge in [0.15, 0.2) is 0 Å². The fraction of sp³-hybridized carbons (Fsp3) is 0.188. The molecule has 0 saturated carbocycles. The summed E-state index contributed by atoms with van der Waals surface area (Å²) in [5, 5.41) is 8.91. The van der Waals surface area contributed by atoms with E-state index in [2.05, 4.69) is 17.0 Å². The van der Waals surface area contributed by atoms with E-state index < -0.39 is 0 Å². The third kappa shape index (κ3) is 2.78. The molecule has 2 aromatic heterocycles. The van der Waals surface area contributed by atoms with Gasteiger partial charge in [0.1, 0.15) is 5.82 Å². The van der Waals surface area contributed by atoms with Gasteiger partial charge in [-0.1, -0.05) is 19.1 Å². The zero-order chi connectivity index (χ0) is 14.7. The number of rotatable bonds is 4. The van der Waals surface area contributed by atoms with E-state index in [4.69, 9.17) is 0 Å². The van der Waals surface area contributed by atoms with Gasteiger partial charge in [0, 0.05) is 12.0 Å². The third-order valence-corrected chi connectivity index (χ3v) is 3.86. The first-order valence-electron chi connectivity index (χ1n) is 6.87. The molecule has 0 aliphatic carbocycles. The normalized spacial score (nSPS) is 11.5. The average Bonchev–Trinajstić information content (AvgIpc) is 3.01. The highest BCUT2D eigenvalue weighted by Gasteiger charge is 2.09. The molecule has 1 aromatic carbocycles. The zero-order valence-corrected chi connectivity index (χ0v) is 12.5. The van der Waals surface area contributed by atoms with Gasteiger partial charge in [-0.3, -0.25) is 4.79 Å². The predicted octanol–water partition coefficient (Wildman–Crippen LogP) is 3.29. The Morgan fingerprint density at radius 1 is 1.33 bits per heavy atom. The summed E-state index contributed by atoms with van der Waals surface area (Å²) in [5.41, 5.74) is 1.60. The maximum atomic E-state index is 12.6. The molecular formula is C16H15N3OS. The molecule has 21 heavy (non-hydrogen) atoms. The molecule has 0 N–H and O–H groups in total. The zero-order valence-electron chi connectivity index (χ0n) is 11.7. The smallest absolute Gasteiger partial charge is 0.267 e. The first-order chi connectivity index (χ1) is 10.3. The minimum atomic E-state index is -0.115. The van der Waals surface area contributed by atoms with Crippen LogP contribution < -0.4 is 5.56 Å². The van der Waals surface area contributed by atoms with Gasteiger partial charge in [0.05, 0.1) is 17.1 Å². The molecule has 0 aliphatic heterocycles. The summed E-state index contributed by atoms with van der Waals surface area (Å²) in [4.78, 5) is 17.2. The maximum absolute atomic E-state index is 12.6. The van der Waals surface area contributed by atoms with Crippen molar-refractivity contribution >= 4 is 28.5 Å². The molecule has 106 valence electrons. The Morgan fingerprint density at radius 2 is 2.19 bits per heavy atom. The number of benzene rings is 1. The van der Waals surface area contributed by atoms with Crippen molar-refractivity contribution < 1.29 is 0 Å². The molecule has 5 heteroatoms. The van der Waals surface area contributed by atoms with Crippen LogP contribution in [0.3, 0.4) is 0 Å². The van der Waals surface area contributed by atoms with Crippen LogP contribution in [-0.2, 0) is 6.42 Å². The van der Waals surface area contributed by atoms with Crippen LogP contribution in [0.5, 0.6) is 0 Å². The molecule has 0 aliphatic rings. The van der Waals surface area contributed by atoms with E-state index in [0.717, 1.165) is 23.9 Å². The number of hydrogen-bond acceptors (Lipinski definition) is 4. The molecule has 0 spiro atoms. The van der Waals surface area contributed by atoms with Crippen LogP contribution in [0.4, 0.5) is 0 Å². The molecule has 0 radical (unpaired) electrons. The first-order valence-corrected chi connectivity index (χ1v) is 7.81. The fourth-order valence-electron chi connectivity index (χ4n) is 2.15. The second-order valence-electron chi connectivity index (χ2n) is 4.71. The molecule has 0 amide bonds. The van der Waals surface area contributed by atoms with Gasteiger partial charge in [0.25, 0.3) is 5.56 Å². The van der Waals surface area contributed by atoms with Gasteiger partial charge in [-0.05, 0) is 35.4 Å². The highest BCUT2D eigenvalue weighted by molar-refractivity contribution is 7.08. The van der Waals surface area contributed by atoms with Crippen molar-refractivity contribution in [1.82, 2.24) is 9.66 Å². The monoisotopic (exact) mass is 297 g/mol. The molecule has 0 unspecified atom stereocenters. The third-order valence-electron chi connectivity index (χ3n) is 3.16. The summed E-state index contributed by atoms with van der Waals surface area (Å²) in [6.07, 6.45) is 3.34. The molecule has 0 fully saturated rings. The van der Waals surface area contributed by atoms with E-state index in [1.54, 1.807) is 23.6 Å². The van der Waals surface area contributed by atoms with Crippen LogP contribution in [0.15, 0.2) is 51.0 Å². The van der Waals surface area contributed by atoms with Gasteiger partial charge < -0.3 is 0 Å². The van der Waals surface area contributed by atoms with E-state index in [1.165, 1.54) is 4.68 Å². The van der Waals surface area contributed by atoms with Gasteiger partial charge >= 0.3 is 0 Å². The molecule has 0 atom stereocenters. The number of para-hydroxylation sites is 1. The lowest BCUT2D eigenvalue weighted by molar-refractivity contribution is 0.704. The van der Waals surface area contributed by atoms with E-state index >= 15 is 0 Å². The van der Waals surface area contributed by atoms with Crippen molar-refractivity contribution in [3.8, 4) is 0 Å². The molecule has 0 saturated heterocycles. The van der Waals surface area contributed by atoms with Gasteiger partial charge in [-0.2, -0.15) is 21.1 Å². The number of thiophene rings is 1. The Balaban J connectivity index is 2.16. The number of aryl methyl sites for hydroxylation is 1. The molecule has 2 heterocycles. The van der Waals surface area contributed by atoms with Gasteiger partial charge in [0.2, 0.25) is 0 Å². The van der Waals surface area contributed by atoms with Gasteiger partial charge in [-0.25, -0.2) is 4.98 Å². The van der Waals surface area contributed by atoms with Crippen LogP contribution in [-0.4, -0.2) is 15.9 Å². The van der Waals surface area contributed by atoms with Crippen molar-refractivity contribution in [2.75, 3.05) is 0 Å². The number of aromatic nitrogens is 2. The summed E-state index contributed by atoms with van der Waals surface area (Å²) < 4.78 is 1.42. The van der Waals surface area contributed by atoms with Crippen LogP contribution in [0.1, 0.15) is 24.7 Å². The first kappa shape index (κ1) is 13.7. The summed E-state index contributed by atoms with van der Waals surface area (Å²) in [5.74, 6) is 0.702.